The summed E-state index contributed by atoms with van der Waals surface area (Å²) in [4.78, 5) is 0. The lowest BCUT2D eigenvalue weighted by Gasteiger charge is -2.27. The molecule has 1 saturated carbocycles. The van der Waals surface area contributed by atoms with Gasteiger partial charge in [-0.3, -0.25) is 0 Å². The van der Waals surface area contributed by atoms with Crippen molar-refractivity contribution in [3.63, 3.8) is 0 Å². The Morgan fingerprint density at radius 3 is 2.78 bits per heavy atom. The monoisotopic (exact) mass is 254 g/mol. The molecule has 3 heteroatoms. The normalized spacial score (nSPS) is 29.0. The molecule has 1 N–H and O–H groups in total. The standard InChI is InChI=1S/C15H20F2O/c1-2-11-5-4-9-15(18,10-8-11)12-6-3-7-13(16)14(12)17/h3,6-7,11,18H,2,4-5,8-10H2,1H3. The van der Waals surface area contributed by atoms with E-state index in [2.05, 4.69) is 6.92 Å². The van der Waals surface area contributed by atoms with Gasteiger partial charge >= 0.3 is 0 Å². The second-order valence-electron chi connectivity index (χ2n) is 5.34. The molecule has 0 spiro atoms. The average molecular weight is 254 g/mol. The number of benzene rings is 1. The molecule has 1 fully saturated rings. The Morgan fingerprint density at radius 2 is 2.06 bits per heavy atom. The van der Waals surface area contributed by atoms with E-state index in [1.807, 2.05) is 0 Å². The summed E-state index contributed by atoms with van der Waals surface area (Å²) in [5.41, 5.74) is -1.07. The van der Waals surface area contributed by atoms with Gasteiger partial charge in [0.05, 0.1) is 5.60 Å². The molecule has 0 saturated heterocycles. The van der Waals surface area contributed by atoms with Gasteiger partial charge < -0.3 is 5.11 Å². The fraction of sp³-hybridized carbons (Fsp3) is 0.600. The lowest BCUT2D eigenvalue weighted by atomic mass is 9.85. The molecule has 1 aliphatic rings. The number of hydrogen-bond acceptors (Lipinski definition) is 1. The van der Waals surface area contributed by atoms with Gasteiger partial charge in [-0.15, -0.1) is 0 Å². The summed E-state index contributed by atoms with van der Waals surface area (Å²) >= 11 is 0. The largest absolute Gasteiger partial charge is 0.385 e. The van der Waals surface area contributed by atoms with E-state index in [4.69, 9.17) is 0 Å². The second-order valence-corrected chi connectivity index (χ2v) is 5.34. The van der Waals surface area contributed by atoms with Crippen LogP contribution in [0.25, 0.3) is 0 Å². The van der Waals surface area contributed by atoms with Crippen LogP contribution in [0.3, 0.4) is 0 Å². The maximum atomic E-state index is 13.8. The van der Waals surface area contributed by atoms with Crippen LogP contribution in [0.5, 0.6) is 0 Å². The molecule has 1 aromatic carbocycles. The first-order chi connectivity index (χ1) is 8.57. The van der Waals surface area contributed by atoms with Crippen molar-refractivity contribution >= 4 is 0 Å². The third kappa shape index (κ3) is 2.56. The van der Waals surface area contributed by atoms with Crippen LogP contribution in [0.4, 0.5) is 8.78 Å². The van der Waals surface area contributed by atoms with Gasteiger partial charge in [0.2, 0.25) is 0 Å². The molecule has 100 valence electrons. The lowest BCUT2D eigenvalue weighted by Crippen LogP contribution is -2.26. The SMILES string of the molecule is CCC1CCCC(O)(c2cccc(F)c2F)CC1. The molecule has 1 aromatic rings. The van der Waals surface area contributed by atoms with Gasteiger partial charge in [-0.1, -0.05) is 31.9 Å². The topological polar surface area (TPSA) is 20.2 Å². The Labute approximate surface area is 107 Å². The summed E-state index contributed by atoms with van der Waals surface area (Å²) in [7, 11) is 0. The first-order valence-electron chi connectivity index (χ1n) is 6.73. The van der Waals surface area contributed by atoms with E-state index in [1.165, 1.54) is 12.1 Å². The van der Waals surface area contributed by atoms with Gasteiger partial charge in [0.25, 0.3) is 0 Å². The van der Waals surface area contributed by atoms with Crippen molar-refractivity contribution in [1.82, 2.24) is 0 Å². The van der Waals surface area contributed by atoms with Crippen LogP contribution in [-0.2, 0) is 5.60 Å². The molecular weight excluding hydrogens is 234 g/mol. The summed E-state index contributed by atoms with van der Waals surface area (Å²) < 4.78 is 27.1. The van der Waals surface area contributed by atoms with Crippen molar-refractivity contribution < 1.29 is 13.9 Å². The molecule has 0 amide bonds. The second kappa shape index (κ2) is 5.35. The van der Waals surface area contributed by atoms with Gasteiger partial charge in [-0.25, -0.2) is 8.78 Å². The van der Waals surface area contributed by atoms with Crippen LogP contribution in [-0.4, -0.2) is 5.11 Å². The first-order valence-corrected chi connectivity index (χ1v) is 6.73. The molecule has 0 heterocycles. The van der Waals surface area contributed by atoms with Crippen molar-refractivity contribution in [3.05, 3.63) is 35.4 Å². The highest BCUT2D eigenvalue weighted by molar-refractivity contribution is 5.25. The average Bonchev–Trinajstić information content (AvgIpc) is 2.55. The maximum Gasteiger partial charge on any atom is 0.164 e. The van der Waals surface area contributed by atoms with Gasteiger partial charge in [-0.05, 0) is 37.7 Å². The summed E-state index contributed by atoms with van der Waals surface area (Å²) in [6, 6.07) is 4.06. The third-order valence-corrected chi connectivity index (χ3v) is 4.20. The zero-order valence-corrected chi connectivity index (χ0v) is 10.8. The fourth-order valence-corrected chi connectivity index (χ4v) is 2.94. The summed E-state index contributed by atoms with van der Waals surface area (Å²) in [5.74, 6) is -1.18. The van der Waals surface area contributed by atoms with Crippen molar-refractivity contribution in [2.75, 3.05) is 0 Å². The summed E-state index contributed by atoms with van der Waals surface area (Å²) in [5, 5.41) is 10.6. The minimum absolute atomic E-state index is 0.124. The Balaban J connectivity index is 2.27. The first kappa shape index (κ1) is 13.5. The number of halogens is 2. The third-order valence-electron chi connectivity index (χ3n) is 4.20. The van der Waals surface area contributed by atoms with Crippen LogP contribution in [0, 0.1) is 17.6 Å². The Bertz CT molecular complexity index is 419. The van der Waals surface area contributed by atoms with Crippen LogP contribution in [0.15, 0.2) is 18.2 Å². The molecule has 0 radical (unpaired) electrons. The molecule has 0 bridgehead atoms. The lowest BCUT2D eigenvalue weighted by molar-refractivity contribution is 0.0156. The van der Waals surface area contributed by atoms with Crippen LogP contribution >= 0.6 is 0 Å². The van der Waals surface area contributed by atoms with Crippen molar-refractivity contribution in [3.8, 4) is 0 Å². The van der Waals surface area contributed by atoms with Crippen molar-refractivity contribution in [2.45, 2.75) is 51.0 Å². The minimum atomic E-state index is -1.20. The Morgan fingerprint density at radius 1 is 1.28 bits per heavy atom. The molecule has 18 heavy (non-hydrogen) atoms. The molecular formula is C15H20F2O. The zero-order valence-electron chi connectivity index (χ0n) is 10.8. The van der Waals surface area contributed by atoms with E-state index in [0.29, 0.717) is 18.8 Å². The molecule has 0 aromatic heterocycles. The van der Waals surface area contributed by atoms with Crippen LogP contribution < -0.4 is 0 Å². The van der Waals surface area contributed by atoms with Crippen LogP contribution in [0.2, 0.25) is 0 Å². The highest BCUT2D eigenvalue weighted by Crippen LogP contribution is 2.39. The van der Waals surface area contributed by atoms with Gasteiger partial charge in [0.15, 0.2) is 11.6 Å². The van der Waals surface area contributed by atoms with E-state index < -0.39 is 17.2 Å². The number of aliphatic hydroxyl groups is 1. The van der Waals surface area contributed by atoms with E-state index in [9.17, 15) is 13.9 Å². The smallest absolute Gasteiger partial charge is 0.164 e. The summed E-state index contributed by atoms with van der Waals surface area (Å²) in [6.45, 7) is 2.14. The fourth-order valence-electron chi connectivity index (χ4n) is 2.94. The quantitative estimate of drug-likeness (QED) is 0.786. The predicted molar refractivity (Wildman–Crippen MR) is 67.1 cm³/mol. The Kier molecular flexibility index (Phi) is 4.00. The molecule has 1 nitrogen and oxygen atoms in total. The molecule has 0 aliphatic heterocycles. The predicted octanol–water partition coefficient (Wildman–Crippen LogP) is 4.14. The van der Waals surface area contributed by atoms with Crippen molar-refractivity contribution in [2.24, 2.45) is 5.92 Å². The zero-order chi connectivity index (χ0) is 13.2. The minimum Gasteiger partial charge on any atom is -0.385 e. The van der Waals surface area contributed by atoms with E-state index in [1.54, 1.807) is 0 Å². The van der Waals surface area contributed by atoms with E-state index >= 15 is 0 Å². The number of rotatable bonds is 2. The van der Waals surface area contributed by atoms with Crippen molar-refractivity contribution in [1.29, 1.82) is 0 Å². The maximum absolute atomic E-state index is 13.8. The molecule has 2 unspecified atom stereocenters. The number of hydrogen-bond donors (Lipinski definition) is 1. The highest BCUT2D eigenvalue weighted by atomic mass is 19.2. The summed E-state index contributed by atoms with van der Waals surface area (Å²) in [6.07, 6.45) is 4.93. The molecule has 2 rings (SSSR count). The van der Waals surface area contributed by atoms with Crippen LogP contribution in [0.1, 0.15) is 51.0 Å². The van der Waals surface area contributed by atoms with E-state index in [-0.39, 0.29) is 5.56 Å². The Hall–Kier alpha value is -0.960. The van der Waals surface area contributed by atoms with Gasteiger partial charge in [0.1, 0.15) is 0 Å². The van der Waals surface area contributed by atoms with E-state index in [0.717, 1.165) is 31.7 Å². The van der Waals surface area contributed by atoms with Gasteiger partial charge in [0, 0.05) is 5.56 Å². The molecule has 2 atom stereocenters. The van der Waals surface area contributed by atoms with Gasteiger partial charge in [-0.2, -0.15) is 0 Å². The highest BCUT2D eigenvalue weighted by Gasteiger charge is 2.35. The molecule has 1 aliphatic carbocycles.